The molecule has 0 aromatic carbocycles. The van der Waals surface area contributed by atoms with Gasteiger partial charge in [-0.05, 0) is 41.4 Å². The van der Waals surface area contributed by atoms with Gasteiger partial charge in [0.05, 0.1) is 5.69 Å². The van der Waals surface area contributed by atoms with Gasteiger partial charge in [-0.2, -0.15) is 0 Å². The zero-order valence-electron chi connectivity index (χ0n) is 11.1. The van der Waals surface area contributed by atoms with Crippen LogP contribution in [0.15, 0.2) is 22.9 Å². The molecule has 19 heavy (non-hydrogen) atoms. The Kier molecular flexibility index (Phi) is 4.31. The van der Waals surface area contributed by atoms with Crippen LogP contribution in [0.5, 0.6) is 11.6 Å². The van der Waals surface area contributed by atoms with Gasteiger partial charge in [0.15, 0.2) is 5.75 Å². The summed E-state index contributed by atoms with van der Waals surface area (Å²) >= 11 is 3.43. The number of hydrogen-bond donors (Lipinski definition) is 1. The van der Waals surface area contributed by atoms with Crippen molar-refractivity contribution in [2.75, 3.05) is 12.4 Å². The normalized spacial score (nSPS) is 10.3. The molecule has 0 amide bonds. The van der Waals surface area contributed by atoms with E-state index in [1.165, 1.54) is 6.33 Å². The molecule has 0 saturated heterocycles. The quantitative estimate of drug-likeness (QED) is 0.935. The number of rotatable bonds is 4. The van der Waals surface area contributed by atoms with Gasteiger partial charge in [-0.15, -0.1) is 0 Å². The molecule has 0 spiro atoms. The highest BCUT2D eigenvalue weighted by Crippen LogP contribution is 2.32. The van der Waals surface area contributed by atoms with Crippen LogP contribution >= 0.6 is 15.9 Å². The van der Waals surface area contributed by atoms with Crippen molar-refractivity contribution in [2.45, 2.75) is 20.3 Å². The monoisotopic (exact) mass is 322 g/mol. The van der Waals surface area contributed by atoms with Crippen molar-refractivity contribution in [1.82, 2.24) is 15.0 Å². The molecule has 5 nitrogen and oxygen atoms in total. The van der Waals surface area contributed by atoms with Gasteiger partial charge in [-0.3, -0.25) is 4.98 Å². The second-order valence-corrected chi connectivity index (χ2v) is 4.74. The molecule has 2 heterocycles. The number of anilines is 1. The highest BCUT2D eigenvalue weighted by molar-refractivity contribution is 9.10. The Hall–Kier alpha value is -1.69. The highest BCUT2D eigenvalue weighted by Gasteiger charge is 2.12. The first-order valence-corrected chi connectivity index (χ1v) is 6.77. The number of ether oxygens (including phenoxy) is 1. The van der Waals surface area contributed by atoms with E-state index >= 15 is 0 Å². The van der Waals surface area contributed by atoms with Crippen molar-refractivity contribution in [3.63, 3.8) is 0 Å². The van der Waals surface area contributed by atoms with Crippen LogP contribution in [0, 0.1) is 6.92 Å². The number of pyridine rings is 1. The molecule has 0 unspecified atom stereocenters. The SMILES string of the molecule is CCc1nc(C)ccc1Oc1ncnc(NC)c1Br. The van der Waals surface area contributed by atoms with Gasteiger partial charge in [-0.25, -0.2) is 9.97 Å². The van der Waals surface area contributed by atoms with Gasteiger partial charge in [-0.1, -0.05) is 6.92 Å². The fourth-order valence-electron chi connectivity index (χ4n) is 1.65. The molecule has 0 bridgehead atoms. The standard InChI is InChI=1S/C13H15BrN4O/c1-4-9-10(6-5-8(2)18-9)19-13-11(14)12(15-3)16-7-17-13/h5-7H,4H2,1-3H3,(H,15,16,17). The maximum Gasteiger partial charge on any atom is 0.238 e. The molecule has 100 valence electrons. The van der Waals surface area contributed by atoms with E-state index in [9.17, 15) is 0 Å². The second-order valence-electron chi connectivity index (χ2n) is 3.94. The summed E-state index contributed by atoms with van der Waals surface area (Å²) < 4.78 is 6.52. The van der Waals surface area contributed by atoms with Gasteiger partial charge in [0, 0.05) is 12.7 Å². The predicted molar refractivity (Wildman–Crippen MR) is 77.7 cm³/mol. The summed E-state index contributed by atoms with van der Waals surface area (Å²) in [7, 11) is 1.79. The Morgan fingerprint density at radius 3 is 2.79 bits per heavy atom. The van der Waals surface area contributed by atoms with E-state index in [1.54, 1.807) is 7.05 Å². The van der Waals surface area contributed by atoms with Crippen LogP contribution in [0.1, 0.15) is 18.3 Å². The molecule has 0 atom stereocenters. The highest BCUT2D eigenvalue weighted by atomic mass is 79.9. The van der Waals surface area contributed by atoms with Crippen molar-refractivity contribution < 1.29 is 4.74 Å². The van der Waals surface area contributed by atoms with E-state index in [1.807, 2.05) is 26.0 Å². The van der Waals surface area contributed by atoms with Crippen LogP contribution in [-0.4, -0.2) is 22.0 Å². The Morgan fingerprint density at radius 1 is 1.32 bits per heavy atom. The van der Waals surface area contributed by atoms with Crippen molar-refractivity contribution in [3.05, 3.63) is 34.3 Å². The van der Waals surface area contributed by atoms with Gasteiger partial charge in [0.1, 0.15) is 16.6 Å². The molecule has 2 rings (SSSR count). The van der Waals surface area contributed by atoms with Crippen molar-refractivity contribution >= 4 is 21.7 Å². The second kappa shape index (κ2) is 5.97. The van der Waals surface area contributed by atoms with Gasteiger partial charge < -0.3 is 10.1 Å². The molecular formula is C13H15BrN4O. The minimum atomic E-state index is 0.472. The number of nitrogens with one attached hydrogen (secondary N) is 1. The predicted octanol–water partition coefficient (Wildman–Crippen LogP) is 3.34. The average molecular weight is 323 g/mol. The first kappa shape index (κ1) is 13.7. The van der Waals surface area contributed by atoms with Gasteiger partial charge in [0.25, 0.3) is 0 Å². The summed E-state index contributed by atoms with van der Waals surface area (Å²) in [6.07, 6.45) is 2.26. The molecule has 2 aromatic heterocycles. The lowest BCUT2D eigenvalue weighted by atomic mass is 10.2. The largest absolute Gasteiger partial charge is 0.436 e. The molecule has 0 aliphatic rings. The minimum absolute atomic E-state index is 0.472. The third kappa shape index (κ3) is 3.01. The fraction of sp³-hybridized carbons (Fsp3) is 0.308. The zero-order chi connectivity index (χ0) is 13.8. The van der Waals surface area contributed by atoms with Gasteiger partial charge in [0.2, 0.25) is 5.88 Å². The molecular weight excluding hydrogens is 308 g/mol. The van der Waals surface area contributed by atoms with Crippen molar-refractivity contribution in [2.24, 2.45) is 0 Å². The Morgan fingerprint density at radius 2 is 2.11 bits per heavy atom. The Labute approximate surface area is 120 Å². The third-order valence-electron chi connectivity index (χ3n) is 2.61. The maximum absolute atomic E-state index is 5.83. The van der Waals surface area contributed by atoms with E-state index in [-0.39, 0.29) is 0 Å². The third-order valence-corrected chi connectivity index (χ3v) is 3.32. The van der Waals surface area contributed by atoms with Crippen molar-refractivity contribution in [3.8, 4) is 11.6 Å². The van der Waals surface area contributed by atoms with Crippen LogP contribution in [0.4, 0.5) is 5.82 Å². The van der Waals surface area contributed by atoms with Crippen LogP contribution < -0.4 is 10.1 Å². The van der Waals surface area contributed by atoms with Gasteiger partial charge >= 0.3 is 0 Å². The molecule has 0 aliphatic carbocycles. The molecule has 0 aliphatic heterocycles. The minimum Gasteiger partial charge on any atom is -0.436 e. The number of hydrogen-bond acceptors (Lipinski definition) is 5. The number of aryl methyl sites for hydroxylation is 2. The lowest BCUT2D eigenvalue weighted by molar-refractivity contribution is 0.450. The summed E-state index contributed by atoms with van der Waals surface area (Å²) in [5.41, 5.74) is 1.89. The number of halogens is 1. The molecule has 0 saturated carbocycles. The topological polar surface area (TPSA) is 59.9 Å². The fourth-order valence-corrected chi connectivity index (χ4v) is 2.13. The van der Waals surface area contributed by atoms with Crippen LogP contribution in [0.3, 0.4) is 0 Å². The zero-order valence-corrected chi connectivity index (χ0v) is 12.7. The van der Waals surface area contributed by atoms with Crippen molar-refractivity contribution in [1.29, 1.82) is 0 Å². The van der Waals surface area contributed by atoms with Crippen LogP contribution in [0.2, 0.25) is 0 Å². The van der Waals surface area contributed by atoms with E-state index in [0.29, 0.717) is 16.2 Å². The molecule has 1 N–H and O–H groups in total. The van der Waals surface area contributed by atoms with Crippen LogP contribution in [0.25, 0.3) is 0 Å². The number of nitrogens with zero attached hydrogens (tertiary/aromatic N) is 3. The summed E-state index contributed by atoms with van der Waals surface area (Å²) in [6, 6.07) is 3.83. The molecule has 0 fully saturated rings. The smallest absolute Gasteiger partial charge is 0.238 e. The number of aromatic nitrogens is 3. The maximum atomic E-state index is 5.83. The molecule has 2 aromatic rings. The summed E-state index contributed by atoms with van der Waals surface area (Å²) in [6.45, 7) is 4.01. The first-order valence-electron chi connectivity index (χ1n) is 5.98. The van der Waals surface area contributed by atoms with Crippen LogP contribution in [-0.2, 0) is 6.42 Å². The lowest BCUT2D eigenvalue weighted by Crippen LogP contribution is -2.00. The van der Waals surface area contributed by atoms with E-state index < -0.39 is 0 Å². The van der Waals surface area contributed by atoms with E-state index in [2.05, 4.69) is 36.2 Å². The molecule has 0 radical (unpaired) electrons. The average Bonchev–Trinajstić information content (AvgIpc) is 2.42. The Bertz CT molecular complexity index is 589. The summed E-state index contributed by atoms with van der Waals surface area (Å²) in [4.78, 5) is 12.7. The Balaban J connectivity index is 2.36. The summed E-state index contributed by atoms with van der Waals surface area (Å²) in [5.74, 6) is 1.87. The van der Waals surface area contributed by atoms with E-state index in [0.717, 1.165) is 23.6 Å². The summed E-state index contributed by atoms with van der Waals surface area (Å²) in [5, 5.41) is 2.97. The first-order chi connectivity index (χ1) is 9.15. The molecule has 6 heteroatoms. The van der Waals surface area contributed by atoms with E-state index in [4.69, 9.17) is 4.74 Å². The lowest BCUT2D eigenvalue weighted by Gasteiger charge is -2.11.